The first-order valence-electron chi connectivity index (χ1n) is 27.9. The van der Waals surface area contributed by atoms with Gasteiger partial charge in [0.2, 0.25) is 0 Å². The van der Waals surface area contributed by atoms with Gasteiger partial charge in [-0.05, 0) is 25.2 Å². The quantitative estimate of drug-likeness (QED) is 0.0344. The average molecular weight is 877 g/mol. The van der Waals surface area contributed by atoms with E-state index >= 15 is 0 Å². The maximum atomic E-state index is 12.6. The molecular formula is C56H108O6. The van der Waals surface area contributed by atoms with Gasteiger partial charge in [-0.25, -0.2) is 0 Å². The highest BCUT2D eigenvalue weighted by Crippen LogP contribution is 2.18. The van der Waals surface area contributed by atoms with Crippen LogP contribution >= 0.6 is 0 Å². The highest BCUT2D eigenvalue weighted by molar-refractivity contribution is 5.71. The molecule has 0 rings (SSSR count). The molecule has 0 amide bonds. The van der Waals surface area contributed by atoms with Crippen molar-refractivity contribution < 1.29 is 28.6 Å². The molecule has 62 heavy (non-hydrogen) atoms. The first kappa shape index (κ1) is 60.4. The Morgan fingerprint density at radius 3 is 0.839 bits per heavy atom. The second kappa shape index (κ2) is 50.4. The Labute approximate surface area is 387 Å². The number of esters is 3. The van der Waals surface area contributed by atoms with E-state index in [1.807, 2.05) is 0 Å². The Hall–Kier alpha value is -1.59. The molecule has 0 saturated carbocycles. The lowest BCUT2D eigenvalue weighted by Gasteiger charge is -2.18. The minimum Gasteiger partial charge on any atom is -0.462 e. The summed E-state index contributed by atoms with van der Waals surface area (Å²) in [6.07, 6.45) is 54.2. The predicted octanol–water partition coefficient (Wildman–Crippen LogP) is 18.2. The minimum absolute atomic E-state index is 0.0639. The van der Waals surface area contributed by atoms with E-state index in [1.165, 1.54) is 205 Å². The fourth-order valence-electron chi connectivity index (χ4n) is 8.54. The molecule has 0 spiro atoms. The third-order valence-corrected chi connectivity index (χ3v) is 13.2. The van der Waals surface area contributed by atoms with Gasteiger partial charge in [-0.3, -0.25) is 14.4 Å². The Balaban J connectivity index is 3.99. The van der Waals surface area contributed by atoms with Crippen LogP contribution in [-0.2, 0) is 28.6 Å². The monoisotopic (exact) mass is 877 g/mol. The maximum Gasteiger partial charge on any atom is 0.306 e. The van der Waals surface area contributed by atoms with Crippen molar-refractivity contribution >= 4 is 17.9 Å². The fourth-order valence-corrected chi connectivity index (χ4v) is 8.54. The van der Waals surface area contributed by atoms with Gasteiger partial charge in [-0.1, -0.05) is 278 Å². The Bertz CT molecular complexity index is 935. The van der Waals surface area contributed by atoms with Crippen LogP contribution < -0.4 is 0 Å². The van der Waals surface area contributed by atoms with Crippen LogP contribution in [-0.4, -0.2) is 37.2 Å². The number of carbonyl (C=O) groups is 3. The van der Waals surface area contributed by atoms with Gasteiger partial charge in [-0.2, -0.15) is 0 Å². The summed E-state index contributed by atoms with van der Waals surface area (Å²) in [6, 6.07) is 0. The third-order valence-electron chi connectivity index (χ3n) is 13.2. The molecule has 0 bridgehead atoms. The smallest absolute Gasteiger partial charge is 0.306 e. The second-order valence-corrected chi connectivity index (χ2v) is 19.5. The molecule has 6 heteroatoms. The van der Waals surface area contributed by atoms with Gasteiger partial charge in [0.25, 0.3) is 0 Å². The van der Waals surface area contributed by atoms with Crippen molar-refractivity contribution in [2.45, 2.75) is 323 Å². The predicted molar refractivity (Wildman–Crippen MR) is 266 cm³/mol. The van der Waals surface area contributed by atoms with Crippen LogP contribution in [0.25, 0.3) is 0 Å². The van der Waals surface area contributed by atoms with E-state index < -0.39 is 6.10 Å². The summed E-state index contributed by atoms with van der Waals surface area (Å²) in [6.45, 7) is 9.02. The lowest BCUT2D eigenvalue weighted by Crippen LogP contribution is -2.30. The molecule has 0 N–H and O–H groups in total. The summed E-state index contributed by atoms with van der Waals surface area (Å²) >= 11 is 0. The molecule has 0 radical (unpaired) electrons. The molecule has 1 unspecified atom stereocenters. The topological polar surface area (TPSA) is 78.9 Å². The van der Waals surface area contributed by atoms with E-state index in [9.17, 15) is 14.4 Å². The number of carbonyl (C=O) groups excluding carboxylic acids is 3. The van der Waals surface area contributed by atoms with Crippen molar-refractivity contribution in [3.05, 3.63) is 0 Å². The molecule has 0 aromatic heterocycles. The lowest BCUT2D eigenvalue weighted by molar-refractivity contribution is -0.167. The summed E-state index contributed by atoms with van der Waals surface area (Å²) in [5.74, 6) is 0.0545. The molecule has 0 aromatic rings. The van der Waals surface area contributed by atoms with Crippen LogP contribution in [0.15, 0.2) is 0 Å². The molecule has 0 aliphatic heterocycles. The maximum absolute atomic E-state index is 12.6. The molecule has 0 aromatic carbocycles. The number of hydrogen-bond acceptors (Lipinski definition) is 6. The van der Waals surface area contributed by atoms with Crippen molar-refractivity contribution in [3.8, 4) is 0 Å². The van der Waals surface area contributed by atoms with Gasteiger partial charge in [0, 0.05) is 19.3 Å². The highest BCUT2D eigenvalue weighted by atomic mass is 16.6. The van der Waals surface area contributed by atoms with Gasteiger partial charge in [0.05, 0.1) is 0 Å². The number of hydrogen-bond donors (Lipinski definition) is 0. The largest absolute Gasteiger partial charge is 0.462 e. The zero-order chi connectivity index (χ0) is 45.2. The van der Waals surface area contributed by atoms with E-state index in [0.717, 1.165) is 70.1 Å². The summed E-state index contributed by atoms with van der Waals surface area (Å²) < 4.78 is 16.7. The molecule has 0 fully saturated rings. The van der Waals surface area contributed by atoms with Crippen molar-refractivity contribution in [1.29, 1.82) is 0 Å². The van der Waals surface area contributed by atoms with Crippen molar-refractivity contribution in [3.63, 3.8) is 0 Å². The number of unbranched alkanes of at least 4 members (excludes halogenated alkanes) is 37. The molecule has 0 aliphatic rings. The molecule has 0 aliphatic carbocycles. The van der Waals surface area contributed by atoms with Gasteiger partial charge < -0.3 is 14.2 Å². The first-order chi connectivity index (χ1) is 30.4. The van der Waals surface area contributed by atoms with Gasteiger partial charge in [0.1, 0.15) is 13.2 Å². The van der Waals surface area contributed by atoms with Crippen molar-refractivity contribution in [2.75, 3.05) is 13.2 Å². The molecule has 2 atom stereocenters. The van der Waals surface area contributed by atoms with Crippen molar-refractivity contribution in [1.82, 2.24) is 0 Å². The summed E-state index contributed by atoms with van der Waals surface area (Å²) in [5.41, 5.74) is 0. The van der Waals surface area contributed by atoms with Gasteiger partial charge in [-0.15, -0.1) is 0 Å². The first-order valence-corrected chi connectivity index (χ1v) is 27.9. The third kappa shape index (κ3) is 47.9. The zero-order valence-electron chi connectivity index (χ0n) is 42.3. The van der Waals surface area contributed by atoms with Crippen LogP contribution in [0.1, 0.15) is 317 Å². The Morgan fingerprint density at radius 2 is 0.565 bits per heavy atom. The van der Waals surface area contributed by atoms with Crippen LogP contribution in [0, 0.1) is 5.92 Å². The van der Waals surface area contributed by atoms with Crippen LogP contribution in [0.3, 0.4) is 0 Å². The Kier molecular flexibility index (Phi) is 49.1. The number of ether oxygens (including phenoxy) is 3. The van der Waals surface area contributed by atoms with Gasteiger partial charge in [0.15, 0.2) is 6.10 Å². The molecular weight excluding hydrogens is 769 g/mol. The summed E-state index contributed by atoms with van der Waals surface area (Å²) in [7, 11) is 0. The normalized spacial score (nSPS) is 12.4. The molecule has 368 valence electrons. The minimum atomic E-state index is -0.759. The molecule has 6 nitrogen and oxygen atoms in total. The number of rotatable bonds is 51. The van der Waals surface area contributed by atoms with Crippen LogP contribution in [0.2, 0.25) is 0 Å². The summed E-state index contributed by atoms with van der Waals surface area (Å²) in [4.78, 5) is 37.7. The SMILES string of the molecule is CCCCCCCCCCCCCCCCCCCC(=O)OC[C@H](COC(=O)CCCCCCCCCCCCCCCCCCCCC(C)CC)OC(=O)CCCCCCC. The average Bonchev–Trinajstić information content (AvgIpc) is 3.27. The molecule has 0 saturated heterocycles. The van der Waals surface area contributed by atoms with Crippen LogP contribution in [0.5, 0.6) is 0 Å². The Morgan fingerprint density at radius 1 is 0.323 bits per heavy atom. The van der Waals surface area contributed by atoms with E-state index in [2.05, 4.69) is 27.7 Å². The summed E-state index contributed by atoms with van der Waals surface area (Å²) in [5, 5.41) is 0. The van der Waals surface area contributed by atoms with Gasteiger partial charge >= 0.3 is 17.9 Å². The zero-order valence-corrected chi connectivity index (χ0v) is 42.3. The van der Waals surface area contributed by atoms with E-state index in [1.54, 1.807) is 0 Å². The molecule has 0 heterocycles. The fraction of sp³-hybridized carbons (Fsp3) is 0.946. The standard InChI is InChI=1S/C56H108O6/c1-5-8-10-12-13-14-15-16-17-20-24-27-30-33-36-40-43-47-54(57)60-50-53(62-56(59)49-45-38-11-9-6-2)51-61-55(58)48-44-41-37-34-31-28-25-22-19-18-21-23-26-29-32-35-39-42-46-52(4)7-3/h52-53H,5-51H2,1-4H3/t52?,53-/m1/s1. The highest BCUT2D eigenvalue weighted by Gasteiger charge is 2.19. The van der Waals surface area contributed by atoms with E-state index in [-0.39, 0.29) is 31.1 Å². The lowest BCUT2D eigenvalue weighted by atomic mass is 9.99. The van der Waals surface area contributed by atoms with Crippen LogP contribution in [0.4, 0.5) is 0 Å². The van der Waals surface area contributed by atoms with E-state index in [0.29, 0.717) is 19.3 Å². The van der Waals surface area contributed by atoms with Crippen molar-refractivity contribution in [2.24, 2.45) is 5.92 Å². The van der Waals surface area contributed by atoms with E-state index in [4.69, 9.17) is 14.2 Å². The second-order valence-electron chi connectivity index (χ2n) is 19.5.